The number of ether oxygens (including phenoxy) is 1. The average Bonchev–Trinajstić information content (AvgIpc) is 2.51. The molecule has 1 N–H and O–H groups in total. The Balaban J connectivity index is 1.71. The highest BCUT2D eigenvalue weighted by Gasteiger charge is 2.13. The molecule has 0 bridgehead atoms. The predicted molar refractivity (Wildman–Crippen MR) is 90.6 cm³/mol. The van der Waals surface area contributed by atoms with Gasteiger partial charge in [0.15, 0.2) is 0 Å². The van der Waals surface area contributed by atoms with Crippen molar-refractivity contribution in [1.29, 1.82) is 0 Å². The third kappa shape index (κ3) is 5.70. The van der Waals surface area contributed by atoms with Gasteiger partial charge in [-0.05, 0) is 37.2 Å². The van der Waals surface area contributed by atoms with Gasteiger partial charge in [0, 0.05) is 39.1 Å². The monoisotopic (exact) mass is 304 g/mol. The molecule has 0 amide bonds. The lowest BCUT2D eigenvalue weighted by molar-refractivity contribution is 0.133. The molecule has 1 heterocycles. The van der Waals surface area contributed by atoms with Crippen LogP contribution in [-0.2, 0) is 6.42 Å². The van der Waals surface area contributed by atoms with E-state index in [0.717, 1.165) is 57.1 Å². The number of hydrogen-bond donors (Lipinski definition) is 1. The lowest BCUT2D eigenvalue weighted by Crippen LogP contribution is -2.45. The summed E-state index contributed by atoms with van der Waals surface area (Å²) in [6.45, 7) is 8.27. The first-order chi connectivity index (χ1) is 10.7. The molecule has 2 rings (SSSR count). The second-order valence-corrected chi connectivity index (χ2v) is 5.92. The van der Waals surface area contributed by atoms with Crippen molar-refractivity contribution in [2.24, 2.45) is 0 Å². The van der Waals surface area contributed by atoms with E-state index in [-0.39, 0.29) is 0 Å². The third-order valence-corrected chi connectivity index (χ3v) is 4.02. The molecule has 4 nitrogen and oxygen atoms in total. The third-order valence-electron chi connectivity index (χ3n) is 4.02. The Bertz CT molecular complexity index is 462. The van der Waals surface area contributed by atoms with Crippen molar-refractivity contribution >= 4 is 0 Å². The van der Waals surface area contributed by atoms with Crippen molar-refractivity contribution in [2.45, 2.75) is 19.8 Å². The number of benzene rings is 1. The summed E-state index contributed by atoms with van der Waals surface area (Å²) in [6, 6.07) is 8.01. The van der Waals surface area contributed by atoms with Crippen molar-refractivity contribution < 1.29 is 9.84 Å². The maximum atomic E-state index is 9.70. The summed E-state index contributed by atoms with van der Waals surface area (Å²) in [7, 11) is 2.17. The second kappa shape index (κ2) is 8.81. The molecular formula is C18H28N2O2. The molecule has 0 aliphatic carbocycles. The zero-order valence-corrected chi connectivity index (χ0v) is 13.8. The van der Waals surface area contributed by atoms with E-state index in [1.54, 1.807) is 0 Å². The molecule has 0 aromatic heterocycles. The SMILES string of the molecule is CC/C=C(\O)Cc1ccc(OCCN2CCN(C)CC2)cc1. The smallest absolute Gasteiger partial charge is 0.119 e. The van der Waals surface area contributed by atoms with Gasteiger partial charge in [-0.15, -0.1) is 0 Å². The fourth-order valence-corrected chi connectivity index (χ4v) is 2.58. The van der Waals surface area contributed by atoms with E-state index in [1.165, 1.54) is 0 Å². The van der Waals surface area contributed by atoms with Crippen molar-refractivity contribution in [1.82, 2.24) is 9.80 Å². The molecule has 0 atom stereocenters. The second-order valence-electron chi connectivity index (χ2n) is 5.92. The van der Waals surface area contributed by atoms with Crippen LogP contribution < -0.4 is 4.74 Å². The van der Waals surface area contributed by atoms with Crippen LogP contribution >= 0.6 is 0 Å². The van der Waals surface area contributed by atoms with Crippen molar-refractivity contribution in [2.75, 3.05) is 46.4 Å². The Labute approximate surface area is 134 Å². The summed E-state index contributed by atoms with van der Waals surface area (Å²) in [5.41, 5.74) is 1.11. The van der Waals surface area contributed by atoms with Crippen LogP contribution in [0.15, 0.2) is 36.1 Å². The molecule has 22 heavy (non-hydrogen) atoms. The van der Waals surface area contributed by atoms with Crippen LogP contribution in [0.2, 0.25) is 0 Å². The van der Waals surface area contributed by atoms with Gasteiger partial charge in [0.1, 0.15) is 12.4 Å². The van der Waals surface area contributed by atoms with E-state index in [9.17, 15) is 5.11 Å². The topological polar surface area (TPSA) is 35.9 Å². The lowest BCUT2D eigenvalue weighted by atomic mass is 10.1. The van der Waals surface area contributed by atoms with E-state index < -0.39 is 0 Å². The van der Waals surface area contributed by atoms with Crippen LogP contribution in [0, 0.1) is 0 Å². The quantitative estimate of drug-likeness (QED) is 0.786. The van der Waals surface area contributed by atoms with Crippen molar-refractivity contribution in [3.05, 3.63) is 41.7 Å². The van der Waals surface area contributed by atoms with Crippen LogP contribution in [0.1, 0.15) is 18.9 Å². The molecule has 1 aromatic rings. The molecule has 0 radical (unpaired) electrons. The molecule has 4 heteroatoms. The molecule has 1 fully saturated rings. The number of hydrogen-bond acceptors (Lipinski definition) is 4. The zero-order chi connectivity index (χ0) is 15.8. The summed E-state index contributed by atoms with van der Waals surface area (Å²) in [5, 5.41) is 9.70. The predicted octanol–water partition coefficient (Wildman–Crippen LogP) is 2.71. The van der Waals surface area contributed by atoms with E-state index in [2.05, 4.69) is 16.8 Å². The zero-order valence-electron chi connectivity index (χ0n) is 13.8. The summed E-state index contributed by atoms with van der Waals surface area (Å²) in [5.74, 6) is 1.34. The normalized spacial score (nSPS) is 17.6. The summed E-state index contributed by atoms with van der Waals surface area (Å²) in [4.78, 5) is 4.81. The van der Waals surface area contributed by atoms with Gasteiger partial charge in [-0.25, -0.2) is 0 Å². The van der Waals surface area contributed by atoms with Gasteiger partial charge in [0.05, 0.1) is 5.76 Å². The highest BCUT2D eigenvalue weighted by Crippen LogP contribution is 2.14. The fourth-order valence-electron chi connectivity index (χ4n) is 2.58. The van der Waals surface area contributed by atoms with Crippen molar-refractivity contribution in [3.63, 3.8) is 0 Å². The number of nitrogens with zero attached hydrogens (tertiary/aromatic N) is 2. The molecule has 1 aliphatic heterocycles. The average molecular weight is 304 g/mol. The number of aliphatic hydroxyl groups is 1. The Morgan fingerprint density at radius 2 is 1.86 bits per heavy atom. The number of piperazine rings is 1. The number of allylic oxidation sites excluding steroid dienone is 2. The largest absolute Gasteiger partial charge is 0.512 e. The maximum absolute atomic E-state index is 9.70. The van der Waals surface area contributed by atoms with Crippen molar-refractivity contribution in [3.8, 4) is 5.75 Å². The van der Waals surface area contributed by atoms with E-state index >= 15 is 0 Å². The fraction of sp³-hybridized carbons (Fsp3) is 0.556. The molecule has 122 valence electrons. The van der Waals surface area contributed by atoms with E-state index in [4.69, 9.17) is 4.74 Å². The molecule has 0 unspecified atom stereocenters. The number of aliphatic hydroxyl groups excluding tert-OH is 1. The molecule has 0 saturated carbocycles. The van der Waals surface area contributed by atoms with Gasteiger partial charge >= 0.3 is 0 Å². The Hall–Kier alpha value is -1.52. The van der Waals surface area contributed by atoms with Gasteiger partial charge in [-0.3, -0.25) is 4.90 Å². The molecule has 1 aliphatic rings. The van der Waals surface area contributed by atoms with Gasteiger partial charge in [-0.2, -0.15) is 0 Å². The molecule has 1 saturated heterocycles. The van der Waals surface area contributed by atoms with Gasteiger partial charge in [0.2, 0.25) is 0 Å². The van der Waals surface area contributed by atoms with Gasteiger partial charge in [0.25, 0.3) is 0 Å². The summed E-state index contributed by atoms with van der Waals surface area (Å²) in [6.07, 6.45) is 3.30. The molecule has 1 aromatic carbocycles. The number of rotatable bonds is 7. The van der Waals surface area contributed by atoms with Crippen LogP contribution in [-0.4, -0.2) is 61.3 Å². The van der Waals surface area contributed by atoms with E-state index in [0.29, 0.717) is 12.2 Å². The minimum atomic E-state index is 0.436. The van der Waals surface area contributed by atoms with Crippen LogP contribution in [0.25, 0.3) is 0 Å². The Morgan fingerprint density at radius 3 is 2.50 bits per heavy atom. The van der Waals surface area contributed by atoms with Crippen LogP contribution in [0.3, 0.4) is 0 Å². The first-order valence-electron chi connectivity index (χ1n) is 8.18. The van der Waals surface area contributed by atoms with E-state index in [1.807, 2.05) is 37.3 Å². The standard InChI is InChI=1S/C18H28N2O2/c1-3-4-17(21)15-16-5-7-18(8-6-16)22-14-13-20-11-9-19(2)10-12-20/h4-8,21H,3,9-15H2,1-2H3/b17-4-. The highest BCUT2D eigenvalue weighted by molar-refractivity contribution is 5.29. The first-order valence-corrected chi connectivity index (χ1v) is 8.18. The maximum Gasteiger partial charge on any atom is 0.119 e. The van der Waals surface area contributed by atoms with Crippen LogP contribution in [0.4, 0.5) is 0 Å². The minimum absolute atomic E-state index is 0.436. The first kappa shape index (κ1) is 16.8. The van der Waals surface area contributed by atoms with Gasteiger partial charge < -0.3 is 14.7 Å². The Kier molecular flexibility index (Phi) is 6.74. The lowest BCUT2D eigenvalue weighted by Gasteiger charge is -2.32. The summed E-state index contributed by atoms with van der Waals surface area (Å²) >= 11 is 0. The molecular weight excluding hydrogens is 276 g/mol. The highest BCUT2D eigenvalue weighted by atomic mass is 16.5. The van der Waals surface area contributed by atoms with Gasteiger partial charge in [-0.1, -0.05) is 19.1 Å². The summed E-state index contributed by atoms with van der Waals surface area (Å²) < 4.78 is 5.81. The molecule has 0 spiro atoms. The number of likely N-dealkylation sites (N-methyl/N-ethyl adjacent to an activating group) is 1. The minimum Gasteiger partial charge on any atom is -0.512 e. The van der Waals surface area contributed by atoms with Crippen LogP contribution in [0.5, 0.6) is 5.75 Å². The Morgan fingerprint density at radius 1 is 1.18 bits per heavy atom.